The average Bonchev–Trinajstić information content (AvgIpc) is 3.25. The minimum Gasteiger partial charge on any atom is -0.349 e. The molecule has 1 aromatic carbocycles. The smallest absolute Gasteiger partial charge is 0.269 e. The van der Waals surface area contributed by atoms with Crippen LogP contribution in [0.2, 0.25) is 0 Å². The first-order valence-corrected chi connectivity index (χ1v) is 12.2. The Balaban J connectivity index is 1.50. The van der Waals surface area contributed by atoms with Crippen LogP contribution in [0, 0.1) is 17.7 Å². The number of nitrogens with one attached hydrogen (secondary N) is 2. The minimum atomic E-state index is -0.431. The molecule has 36 heavy (non-hydrogen) atoms. The second-order valence-corrected chi connectivity index (χ2v) is 9.89. The molecule has 5 rings (SSSR count). The zero-order valence-corrected chi connectivity index (χ0v) is 20.5. The van der Waals surface area contributed by atoms with E-state index in [4.69, 9.17) is 4.99 Å². The number of carbonyl (C=O) groups excluding carboxylic acids is 2. The predicted octanol–water partition coefficient (Wildman–Crippen LogP) is 5.25. The lowest BCUT2D eigenvalue weighted by Crippen LogP contribution is -2.39. The number of Topliss-reactive ketones (excluding diaryl/α,β-unsaturated/α-hetero) is 1. The van der Waals surface area contributed by atoms with Crippen molar-refractivity contribution >= 4 is 29.3 Å². The maximum Gasteiger partial charge on any atom is 0.269 e. The molecule has 184 valence electrons. The lowest BCUT2D eigenvalue weighted by atomic mass is 9.70. The van der Waals surface area contributed by atoms with E-state index in [0.717, 1.165) is 23.3 Å². The van der Waals surface area contributed by atoms with E-state index in [1.807, 2.05) is 51.1 Å². The van der Waals surface area contributed by atoms with Gasteiger partial charge in [-0.1, -0.05) is 31.2 Å². The number of rotatable bonds is 5. The molecule has 0 bridgehead atoms. The van der Waals surface area contributed by atoms with E-state index in [1.54, 1.807) is 12.3 Å². The van der Waals surface area contributed by atoms with Gasteiger partial charge in [0.2, 0.25) is 0 Å². The molecule has 1 aliphatic carbocycles. The summed E-state index contributed by atoms with van der Waals surface area (Å²) in [7, 11) is 0. The van der Waals surface area contributed by atoms with Gasteiger partial charge in [0, 0.05) is 41.4 Å². The van der Waals surface area contributed by atoms with E-state index < -0.39 is 5.92 Å². The number of benzene rings is 1. The van der Waals surface area contributed by atoms with Crippen molar-refractivity contribution in [2.45, 2.75) is 45.6 Å². The fraction of sp³-hybridized carbons (Fsp3) is 0.321. The van der Waals surface area contributed by atoms with Crippen molar-refractivity contribution in [1.29, 1.82) is 0 Å². The third-order valence-corrected chi connectivity index (χ3v) is 6.60. The van der Waals surface area contributed by atoms with Gasteiger partial charge < -0.3 is 5.32 Å². The van der Waals surface area contributed by atoms with Crippen molar-refractivity contribution in [3.63, 3.8) is 0 Å². The summed E-state index contributed by atoms with van der Waals surface area (Å²) in [6.07, 6.45) is 6.68. The van der Waals surface area contributed by atoms with Crippen LogP contribution in [0.1, 0.15) is 61.3 Å². The molecule has 2 N–H and O–H groups in total. The highest BCUT2D eigenvalue weighted by molar-refractivity contribution is 6.11. The molecule has 0 saturated heterocycles. The average molecular weight is 486 g/mol. The Bertz CT molecular complexity index is 1370. The number of hydrogen-bond donors (Lipinski definition) is 2. The Morgan fingerprint density at radius 3 is 2.75 bits per heavy atom. The molecule has 0 radical (unpaired) electrons. The Hall–Kier alpha value is -3.94. The number of fused-ring (bicyclic) bond motifs is 2. The Labute approximate surface area is 209 Å². The largest absolute Gasteiger partial charge is 0.349 e. The second kappa shape index (κ2) is 9.60. The van der Waals surface area contributed by atoms with E-state index in [0.29, 0.717) is 29.2 Å². The first-order chi connectivity index (χ1) is 17.3. The second-order valence-electron chi connectivity index (χ2n) is 9.89. The number of carbonyl (C=O) groups is 2. The molecule has 7 nitrogen and oxygen atoms in total. The summed E-state index contributed by atoms with van der Waals surface area (Å²) in [5.41, 5.74) is 4.03. The van der Waals surface area contributed by atoms with Gasteiger partial charge in [0.1, 0.15) is 17.3 Å². The molecule has 3 aromatic rings. The van der Waals surface area contributed by atoms with Gasteiger partial charge in [-0.2, -0.15) is 5.10 Å². The summed E-state index contributed by atoms with van der Waals surface area (Å²) in [6.45, 7) is 5.83. The van der Waals surface area contributed by atoms with E-state index in [-0.39, 0.29) is 35.4 Å². The molecule has 3 heterocycles. The SMILES string of the molecule is CC1CC(=O)C2C(=Nc3n[nH]c(C(=O)NC(C)C)c3C2/C=C/c2ccc(-c3cccc(F)c3)cn2)C1. The third kappa shape index (κ3) is 4.63. The van der Waals surface area contributed by atoms with Crippen molar-refractivity contribution in [2.24, 2.45) is 16.8 Å². The highest BCUT2D eigenvalue weighted by Crippen LogP contribution is 2.44. The van der Waals surface area contributed by atoms with Gasteiger partial charge in [-0.25, -0.2) is 9.38 Å². The van der Waals surface area contributed by atoms with Gasteiger partial charge in [0.05, 0.1) is 11.6 Å². The number of aromatic amines is 1. The number of aromatic nitrogens is 3. The van der Waals surface area contributed by atoms with Crippen LogP contribution in [0.5, 0.6) is 0 Å². The van der Waals surface area contributed by atoms with E-state index in [2.05, 4.69) is 20.5 Å². The molecule has 0 spiro atoms. The van der Waals surface area contributed by atoms with Crippen LogP contribution in [0.3, 0.4) is 0 Å². The number of hydrogen-bond acceptors (Lipinski definition) is 5. The molecule has 8 heteroatoms. The van der Waals surface area contributed by atoms with Crippen molar-refractivity contribution in [1.82, 2.24) is 20.5 Å². The number of ketones is 1. The summed E-state index contributed by atoms with van der Waals surface area (Å²) < 4.78 is 13.6. The maximum absolute atomic E-state index is 13.6. The molecule has 1 aliphatic heterocycles. The molecule has 3 unspecified atom stereocenters. The number of halogens is 1. The van der Waals surface area contributed by atoms with Crippen LogP contribution >= 0.6 is 0 Å². The Morgan fingerprint density at radius 2 is 2.03 bits per heavy atom. The van der Waals surface area contributed by atoms with Gasteiger partial charge in [-0.3, -0.25) is 19.7 Å². The first-order valence-electron chi connectivity index (χ1n) is 12.2. The summed E-state index contributed by atoms with van der Waals surface area (Å²) in [5.74, 6) is -0.586. The summed E-state index contributed by atoms with van der Waals surface area (Å²) in [4.78, 5) is 35.3. The Kier molecular flexibility index (Phi) is 6.35. The monoisotopic (exact) mass is 485 g/mol. The third-order valence-electron chi connectivity index (χ3n) is 6.60. The molecular weight excluding hydrogens is 457 g/mol. The summed E-state index contributed by atoms with van der Waals surface area (Å²) in [6, 6.07) is 10.1. The Morgan fingerprint density at radius 1 is 1.19 bits per heavy atom. The zero-order valence-electron chi connectivity index (χ0n) is 20.5. The standard InChI is InChI=1S/C28H28FN5O2/c1-15(2)31-28(36)26-25-21(24-22(32-27(25)34-33-26)11-16(3)12-23(24)35)10-9-20-8-7-18(14-30-20)17-5-4-6-19(29)13-17/h4-10,13-16,21,24H,11-12H2,1-3H3,(H,31,36)(H,33,34)/b10-9+. The van der Waals surface area contributed by atoms with Crippen molar-refractivity contribution in [3.05, 3.63) is 71.4 Å². The maximum atomic E-state index is 13.6. The molecule has 1 amide bonds. The summed E-state index contributed by atoms with van der Waals surface area (Å²) >= 11 is 0. The number of pyridine rings is 1. The van der Waals surface area contributed by atoms with Crippen LogP contribution in [0.4, 0.5) is 10.2 Å². The van der Waals surface area contributed by atoms with Crippen LogP contribution < -0.4 is 5.32 Å². The van der Waals surface area contributed by atoms with E-state index in [9.17, 15) is 14.0 Å². The fourth-order valence-corrected chi connectivity index (χ4v) is 5.04. The van der Waals surface area contributed by atoms with Gasteiger partial charge in [0.25, 0.3) is 5.91 Å². The van der Waals surface area contributed by atoms with Crippen molar-refractivity contribution in [3.8, 4) is 11.1 Å². The molecule has 2 aliphatic rings. The number of H-pyrrole nitrogens is 1. The lowest BCUT2D eigenvalue weighted by molar-refractivity contribution is -0.122. The molecular formula is C28H28FN5O2. The highest BCUT2D eigenvalue weighted by Gasteiger charge is 2.43. The van der Waals surface area contributed by atoms with Crippen LogP contribution in [0.25, 0.3) is 17.2 Å². The number of aliphatic imine (C=N–C) groups is 1. The normalized spacial score (nSPS) is 21.3. The van der Waals surface area contributed by atoms with Gasteiger partial charge in [-0.05, 0) is 56.0 Å². The molecule has 1 fully saturated rings. The number of amides is 1. The van der Waals surface area contributed by atoms with Gasteiger partial charge in [-0.15, -0.1) is 0 Å². The molecule has 1 saturated carbocycles. The van der Waals surface area contributed by atoms with Crippen LogP contribution in [-0.4, -0.2) is 38.6 Å². The first kappa shape index (κ1) is 23.8. The number of nitrogens with zero attached hydrogens (tertiary/aromatic N) is 3. The lowest BCUT2D eigenvalue weighted by Gasteiger charge is -2.34. The van der Waals surface area contributed by atoms with E-state index in [1.165, 1.54) is 12.1 Å². The fourth-order valence-electron chi connectivity index (χ4n) is 5.04. The van der Waals surface area contributed by atoms with Gasteiger partial charge >= 0.3 is 0 Å². The molecule has 2 aromatic heterocycles. The van der Waals surface area contributed by atoms with E-state index >= 15 is 0 Å². The quantitative estimate of drug-likeness (QED) is 0.516. The van der Waals surface area contributed by atoms with Crippen LogP contribution in [0.15, 0.2) is 53.7 Å². The molecule has 3 atom stereocenters. The van der Waals surface area contributed by atoms with Crippen molar-refractivity contribution in [2.75, 3.05) is 0 Å². The van der Waals surface area contributed by atoms with Gasteiger partial charge in [0.15, 0.2) is 5.82 Å². The zero-order chi connectivity index (χ0) is 25.4. The predicted molar refractivity (Wildman–Crippen MR) is 137 cm³/mol. The topological polar surface area (TPSA) is 100 Å². The summed E-state index contributed by atoms with van der Waals surface area (Å²) in [5, 5.41) is 10.1. The minimum absolute atomic E-state index is 0.0499. The van der Waals surface area contributed by atoms with Crippen molar-refractivity contribution < 1.29 is 14.0 Å². The van der Waals surface area contributed by atoms with Crippen LogP contribution in [-0.2, 0) is 4.79 Å². The number of allylic oxidation sites excluding steroid dienone is 1. The highest BCUT2D eigenvalue weighted by atomic mass is 19.1.